The molecule has 0 bridgehead atoms. The van der Waals surface area contributed by atoms with Crippen LogP contribution < -0.4 is 10.1 Å². The van der Waals surface area contributed by atoms with E-state index >= 15 is 0 Å². The van der Waals surface area contributed by atoms with Gasteiger partial charge in [-0.2, -0.15) is 0 Å². The second-order valence-corrected chi connectivity index (χ2v) is 5.02. The highest BCUT2D eigenvalue weighted by Crippen LogP contribution is 2.24. The van der Waals surface area contributed by atoms with Gasteiger partial charge in [0.1, 0.15) is 5.75 Å². The molecule has 0 aliphatic rings. The van der Waals surface area contributed by atoms with Crippen LogP contribution >= 0.6 is 0 Å². The third kappa shape index (κ3) is 6.46. The molecule has 0 aliphatic heterocycles. The molecule has 120 valence electrons. The van der Waals surface area contributed by atoms with Gasteiger partial charge in [-0.05, 0) is 44.5 Å². The summed E-state index contributed by atoms with van der Waals surface area (Å²) in [5.41, 5.74) is 2.35. The molecule has 0 aliphatic carbocycles. The molecule has 0 amide bonds. The predicted molar refractivity (Wildman–Crippen MR) is 85.9 cm³/mol. The molecule has 1 aromatic rings. The summed E-state index contributed by atoms with van der Waals surface area (Å²) in [6.07, 6.45) is 1.13. The van der Waals surface area contributed by atoms with Gasteiger partial charge in [-0.15, -0.1) is 0 Å². The fraction of sp³-hybridized carbons (Fsp3) is 0.647. The topological polar surface area (TPSA) is 39.7 Å². The van der Waals surface area contributed by atoms with Crippen LogP contribution in [-0.2, 0) is 16.1 Å². The van der Waals surface area contributed by atoms with E-state index in [1.165, 1.54) is 5.56 Å². The maximum absolute atomic E-state index is 5.68. The zero-order chi connectivity index (χ0) is 15.5. The van der Waals surface area contributed by atoms with E-state index < -0.39 is 0 Å². The Morgan fingerprint density at radius 1 is 1.19 bits per heavy atom. The molecule has 0 spiro atoms. The fourth-order valence-electron chi connectivity index (χ4n) is 2.08. The van der Waals surface area contributed by atoms with Gasteiger partial charge < -0.3 is 19.5 Å². The lowest BCUT2D eigenvalue weighted by atomic mass is 10.0. The summed E-state index contributed by atoms with van der Waals surface area (Å²) in [5.74, 6) is 0.904. The molecule has 0 aromatic heterocycles. The second-order valence-electron chi connectivity index (χ2n) is 5.02. The zero-order valence-corrected chi connectivity index (χ0v) is 13.8. The molecular weight excluding hydrogens is 266 g/mol. The summed E-state index contributed by atoms with van der Waals surface area (Å²) in [4.78, 5) is 0. The molecule has 21 heavy (non-hydrogen) atoms. The quantitative estimate of drug-likeness (QED) is 0.636. The summed E-state index contributed by atoms with van der Waals surface area (Å²) in [7, 11) is 1.68. The summed E-state index contributed by atoms with van der Waals surface area (Å²) in [6.45, 7) is 9.78. The summed E-state index contributed by atoms with van der Waals surface area (Å²) < 4.78 is 16.3. The van der Waals surface area contributed by atoms with E-state index in [0.29, 0.717) is 32.5 Å². The number of nitrogens with one attached hydrogen (secondary N) is 1. The maximum Gasteiger partial charge on any atom is 0.124 e. The Morgan fingerprint density at radius 2 is 2.00 bits per heavy atom. The fourth-order valence-corrected chi connectivity index (χ4v) is 2.08. The van der Waals surface area contributed by atoms with Crippen molar-refractivity contribution in [1.82, 2.24) is 5.32 Å². The third-order valence-electron chi connectivity index (χ3n) is 3.27. The normalized spacial score (nSPS) is 12.4. The van der Waals surface area contributed by atoms with Gasteiger partial charge in [-0.25, -0.2) is 0 Å². The first-order valence-corrected chi connectivity index (χ1v) is 7.78. The second kappa shape index (κ2) is 10.6. The highest BCUT2D eigenvalue weighted by Gasteiger charge is 2.10. The van der Waals surface area contributed by atoms with Crippen molar-refractivity contribution in [2.45, 2.75) is 39.8 Å². The van der Waals surface area contributed by atoms with Gasteiger partial charge in [0, 0.05) is 18.7 Å². The highest BCUT2D eigenvalue weighted by atomic mass is 16.5. The molecule has 1 N–H and O–H groups in total. The van der Waals surface area contributed by atoms with E-state index in [2.05, 4.69) is 31.3 Å². The number of rotatable bonds is 11. The van der Waals surface area contributed by atoms with Crippen molar-refractivity contribution in [2.24, 2.45) is 0 Å². The highest BCUT2D eigenvalue weighted by molar-refractivity contribution is 5.38. The average Bonchev–Trinajstić information content (AvgIpc) is 2.50. The van der Waals surface area contributed by atoms with Gasteiger partial charge in [0.15, 0.2) is 0 Å². The van der Waals surface area contributed by atoms with Gasteiger partial charge in [0.2, 0.25) is 0 Å². The van der Waals surface area contributed by atoms with Crippen LogP contribution in [0, 0.1) is 0 Å². The predicted octanol–water partition coefficient (Wildman–Crippen LogP) is 3.31. The molecule has 1 unspecified atom stereocenters. The zero-order valence-electron chi connectivity index (χ0n) is 13.8. The van der Waals surface area contributed by atoms with Crippen LogP contribution in [-0.4, -0.2) is 33.5 Å². The molecule has 0 saturated carbocycles. The Labute approximate surface area is 128 Å². The summed E-state index contributed by atoms with van der Waals surface area (Å²) in [6, 6.07) is 6.67. The Hall–Kier alpha value is -1.10. The molecule has 4 heteroatoms. The molecule has 4 nitrogen and oxygen atoms in total. The van der Waals surface area contributed by atoms with Crippen LogP contribution in [0.3, 0.4) is 0 Å². The molecule has 1 rings (SSSR count). The smallest absolute Gasteiger partial charge is 0.124 e. The molecule has 0 saturated heterocycles. The van der Waals surface area contributed by atoms with Crippen LogP contribution in [0.5, 0.6) is 5.75 Å². The minimum Gasteiger partial charge on any atom is -0.494 e. The first-order valence-electron chi connectivity index (χ1n) is 7.78. The Kier molecular flexibility index (Phi) is 9.06. The Balaban J connectivity index is 2.74. The van der Waals surface area contributed by atoms with Crippen LogP contribution in [0.15, 0.2) is 18.2 Å². The SMILES string of the molecule is CCCNC(C)c1ccc(OCC)c(COCCOC)c1. The van der Waals surface area contributed by atoms with Gasteiger partial charge in [-0.3, -0.25) is 0 Å². The molecule has 1 atom stereocenters. The van der Waals surface area contributed by atoms with Crippen LogP contribution in [0.1, 0.15) is 44.4 Å². The summed E-state index contributed by atoms with van der Waals surface area (Å²) in [5, 5.41) is 3.50. The monoisotopic (exact) mass is 295 g/mol. The van der Waals surface area contributed by atoms with Crippen molar-refractivity contribution in [3.05, 3.63) is 29.3 Å². The van der Waals surface area contributed by atoms with Gasteiger partial charge in [-0.1, -0.05) is 13.0 Å². The number of hydrogen-bond acceptors (Lipinski definition) is 4. The van der Waals surface area contributed by atoms with Crippen molar-refractivity contribution < 1.29 is 14.2 Å². The van der Waals surface area contributed by atoms with Crippen LogP contribution in [0.2, 0.25) is 0 Å². The summed E-state index contributed by atoms with van der Waals surface area (Å²) >= 11 is 0. The lowest BCUT2D eigenvalue weighted by Gasteiger charge is -2.17. The van der Waals surface area contributed by atoms with E-state index in [4.69, 9.17) is 14.2 Å². The van der Waals surface area contributed by atoms with Gasteiger partial charge >= 0.3 is 0 Å². The minimum absolute atomic E-state index is 0.332. The van der Waals surface area contributed by atoms with Crippen LogP contribution in [0.25, 0.3) is 0 Å². The lowest BCUT2D eigenvalue weighted by molar-refractivity contribution is 0.0605. The van der Waals surface area contributed by atoms with E-state index in [1.54, 1.807) is 7.11 Å². The Morgan fingerprint density at radius 3 is 2.67 bits per heavy atom. The lowest BCUT2D eigenvalue weighted by Crippen LogP contribution is -2.19. The largest absolute Gasteiger partial charge is 0.494 e. The first-order chi connectivity index (χ1) is 10.2. The van der Waals surface area contributed by atoms with Crippen LogP contribution in [0.4, 0.5) is 0 Å². The number of methoxy groups -OCH3 is 1. The maximum atomic E-state index is 5.68. The number of hydrogen-bond donors (Lipinski definition) is 1. The first kappa shape index (κ1) is 18.0. The van der Waals surface area contributed by atoms with E-state index in [1.807, 2.05) is 13.0 Å². The van der Waals surface area contributed by atoms with Crippen molar-refractivity contribution in [3.63, 3.8) is 0 Å². The number of benzene rings is 1. The van der Waals surface area contributed by atoms with Crippen molar-refractivity contribution >= 4 is 0 Å². The standard InChI is InChI=1S/C17H29NO3/c1-5-9-18-14(3)15-7-8-17(21-6-2)16(12-15)13-20-11-10-19-4/h7-8,12,14,18H,5-6,9-11,13H2,1-4H3. The van der Waals surface area contributed by atoms with Crippen molar-refractivity contribution in [1.29, 1.82) is 0 Å². The van der Waals surface area contributed by atoms with E-state index in [-0.39, 0.29) is 0 Å². The molecule has 0 fully saturated rings. The molecule has 0 radical (unpaired) electrons. The van der Waals surface area contributed by atoms with E-state index in [9.17, 15) is 0 Å². The molecule has 0 heterocycles. The third-order valence-corrected chi connectivity index (χ3v) is 3.27. The Bertz CT molecular complexity index is 396. The average molecular weight is 295 g/mol. The molecule has 1 aromatic carbocycles. The van der Waals surface area contributed by atoms with Crippen molar-refractivity contribution in [3.8, 4) is 5.75 Å². The number of ether oxygens (including phenoxy) is 3. The minimum atomic E-state index is 0.332. The van der Waals surface area contributed by atoms with Crippen molar-refractivity contribution in [2.75, 3.05) is 33.5 Å². The van der Waals surface area contributed by atoms with Gasteiger partial charge in [0.25, 0.3) is 0 Å². The molecular formula is C17H29NO3. The van der Waals surface area contributed by atoms with E-state index in [0.717, 1.165) is 24.3 Å². The van der Waals surface area contributed by atoms with Gasteiger partial charge in [0.05, 0.1) is 26.4 Å².